The van der Waals surface area contributed by atoms with Crippen molar-refractivity contribution in [2.24, 2.45) is 0 Å². The molecule has 0 radical (unpaired) electrons. The molecule has 0 saturated heterocycles. The zero-order chi connectivity index (χ0) is 14.9. The Morgan fingerprint density at radius 1 is 0.810 bits per heavy atom. The standard InChI is InChI=1S/C19H24O2/c1-2-3-4-5-6-11-16-12-7-9-14-18(16)21-19-15-10-8-13-17(19)20/h7-10,12-15,20H,2-6,11H2,1H3. The molecule has 0 heterocycles. The average Bonchev–Trinajstić information content (AvgIpc) is 2.51. The first-order valence-corrected chi connectivity index (χ1v) is 7.85. The number of benzene rings is 2. The number of aryl methyl sites for hydroxylation is 1. The van der Waals surface area contributed by atoms with Crippen LogP contribution < -0.4 is 4.74 Å². The van der Waals surface area contributed by atoms with Gasteiger partial charge in [-0.15, -0.1) is 0 Å². The van der Waals surface area contributed by atoms with E-state index in [9.17, 15) is 5.11 Å². The van der Waals surface area contributed by atoms with Crippen LogP contribution in [0.2, 0.25) is 0 Å². The summed E-state index contributed by atoms with van der Waals surface area (Å²) in [6.07, 6.45) is 7.36. The van der Waals surface area contributed by atoms with Crippen molar-refractivity contribution in [2.75, 3.05) is 0 Å². The smallest absolute Gasteiger partial charge is 0.169 e. The highest BCUT2D eigenvalue weighted by Gasteiger charge is 2.07. The van der Waals surface area contributed by atoms with E-state index in [-0.39, 0.29) is 5.75 Å². The Balaban J connectivity index is 1.98. The first-order chi connectivity index (χ1) is 10.3. The molecule has 2 rings (SSSR count). The minimum absolute atomic E-state index is 0.176. The van der Waals surface area contributed by atoms with Crippen LogP contribution in [0.5, 0.6) is 17.2 Å². The molecule has 0 bridgehead atoms. The molecule has 2 aromatic carbocycles. The van der Waals surface area contributed by atoms with Crippen LogP contribution in [0.1, 0.15) is 44.6 Å². The number of para-hydroxylation sites is 3. The van der Waals surface area contributed by atoms with Gasteiger partial charge >= 0.3 is 0 Å². The van der Waals surface area contributed by atoms with E-state index < -0.39 is 0 Å². The van der Waals surface area contributed by atoms with Gasteiger partial charge in [0.1, 0.15) is 5.75 Å². The first-order valence-electron chi connectivity index (χ1n) is 7.85. The average molecular weight is 284 g/mol. The van der Waals surface area contributed by atoms with E-state index >= 15 is 0 Å². The summed E-state index contributed by atoms with van der Waals surface area (Å²) < 4.78 is 5.87. The second-order valence-corrected chi connectivity index (χ2v) is 5.34. The number of hydrogen-bond donors (Lipinski definition) is 1. The Bertz CT molecular complexity index is 549. The van der Waals surface area contributed by atoms with Gasteiger partial charge in [0.15, 0.2) is 11.5 Å². The Morgan fingerprint density at radius 3 is 2.24 bits per heavy atom. The Labute approximate surface area is 127 Å². The van der Waals surface area contributed by atoms with Gasteiger partial charge < -0.3 is 9.84 Å². The maximum atomic E-state index is 9.81. The van der Waals surface area contributed by atoms with Gasteiger partial charge in [0.05, 0.1) is 0 Å². The summed E-state index contributed by atoms with van der Waals surface area (Å²) in [4.78, 5) is 0. The quantitative estimate of drug-likeness (QED) is 0.630. The molecule has 0 aliphatic rings. The van der Waals surface area contributed by atoms with Gasteiger partial charge in [-0.05, 0) is 36.6 Å². The summed E-state index contributed by atoms with van der Waals surface area (Å²) >= 11 is 0. The second-order valence-electron chi connectivity index (χ2n) is 5.34. The Hall–Kier alpha value is -1.96. The molecule has 0 unspecified atom stereocenters. The fourth-order valence-electron chi connectivity index (χ4n) is 2.39. The van der Waals surface area contributed by atoms with Gasteiger partial charge in [-0.2, -0.15) is 0 Å². The lowest BCUT2D eigenvalue weighted by Gasteiger charge is -2.12. The summed E-state index contributed by atoms with van der Waals surface area (Å²) in [6, 6.07) is 15.2. The molecule has 0 saturated carbocycles. The molecular weight excluding hydrogens is 260 g/mol. The fraction of sp³-hybridized carbons (Fsp3) is 0.368. The van der Waals surface area contributed by atoms with Crippen LogP contribution in [-0.4, -0.2) is 5.11 Å². The number of phenolic OH excluding ortho intramolecular Hbond substituents is 1. The van der Waals surface area contributed by atoms with E-state index in [1.54, 1.807) is 18.2 Å². The molecule has 2 aromatic rings. The lowest BCUT2D eigenvalue weighted by atomic mass is 10.0. The predicted molar refractivity (Wildman–Crippen MR) is 87.1 cm³/mol. The van der Waals surface area contributed by atoms with Crippen LogP contribution in [0.15, 0.2) is 48.5 Å². The molecule has 21 heavy (non-hydrogen) atoms. The van der Waals surface area contributed by atoms with Crippen LogP contribution in [-0.2, 0) is 6.42 Å². The molecule has 0 aromatic heterocycles. The molecule has 0 aliphatic heterocycles. The van der Waals surface area contributed by atoms with E-state index in [0.717, 1.165) is 12.2 Å². The minimum atomic E-state index is 0.176. The number of rotatable bonds is 8. The first kappa shape index (κ1) is 15.4. The molecule has 2 nitrogen and oxygen atoms in total. The number of aromatic hydroxyl groups is 1. The number of ether oxygens (including phenoxy) is 1. The summed E-state index contributed by atoms with van der Waals surface area (Å²) in [7, 11) is 0. The van der Waals surface area contributed by atoms with E-state index in [1.807, 2.05) is 24.3 Å². The van der Waals surface area contributed by atoms with E-state index in [0.29, 0.717) is 5.75 Å². The van der Waals surface area contributed by atoms with Gasteiger partial charge in [0, 0.05) is 0 Å². The van der Waals surface area contributed by atoms with Crippen molar-refractivity contribution in [3.8, 4) is 17.2 Å². The van der Waals surface area contributed by atoms with Gasteiger partial charge in [-0.25, -0.2) is 0 Å². The van der Waals surface area contributed by atoms with Crippen molar-refractivity contribution in [1.29, 1.82) is 0 Å². The van der Waals surface area contributed by atoms with Crippen molar-refractivity contribution >= 4 is 0 Å². The maximum Gasteiger partial charge on any atom is 0.169 e. The maximum absolute atomic E-state index is 9.81. The minimum Gasteiger partial charge on any atom is -0.504 e. The SMILES string of the molecule is CCCCCCCc1ccccc1Oc1ccccc1O. The zero-order valence-electron chi connectivity index (χ0n) is 12.7. The molecule has 112 valence electrons. The Morgan fingerprint density at radius 2 is 1.48 bits per heavy atom. The van der Waals surface area contributed by atoms with Crippen molar-refractivity contribution in [1.82, 2.24) is 0 Å². The highest BCUT2D eigenvalue weighted by molar-refractivity contribution is 5.44. The molecule has 0 spiro atoms. The summed E-state index contributed by atoms with van der Waals surface area (Å²) in [5.41, 5.74) is 1.21. The van der Waals surface area contributed by atoms with Gasteiger partial charge in [0.25, 0.3) is 0 Å². The topological polar surface area (TPSA) is 29.5 Å². The number of hydrogen-bond acceptors (Lipinski definition) is 2. The number of unbranched alkanes of at least 4 members (excludes halogenated alkanes) is 4. The number of phenols is 1. The molecule has 0 atom stereocenters. The van der Waals surface area contributed by atoms with Crippen molar-refractivity contribution in [2.45, 2.75) is 45.4 Å². The van der Waals surface area contributed by atoms with Gasteiger partial charge in [-0.1, -0.05) is 62.9 Å². The van der Waals surface area contributed by atoms with Crippen molar-refractivity contribution in [3.05, 3.63) is 54.1 Å². The van der Waals surface area contributed by atoms with Crippen LogP contribution in [0.4, 0.5) is 0 Å². The van der Waals surface area contributed by atoms with Crippen LogP contribution in [0, 0.1) is 0 Å². The largest absolute Gasteiger partial charge is 0.504 e. The third kappa shape index (κ3) is 4.82. The van der Waals surface area contributed by atoms with Gasteiger partial charge in [-0.3, -0.25) is 0 Å². The highest BCUT2D eigenvalue weighted by atomic mass is 16.5. The lowest BCUT2D eigenvalue weighted by molar-refractivity contribution is 0.408. The van der Waals surface area contributed by atoms with E-state index in [1.165, 1.54) is 37.7 Å². The summed E-state index contributed by atoms with van der Waals surface area (Å²) in [5.74, 6) is 1.53. The lowest BCUT2D eigenvalue weighted by Crippen LogP contribution is -1.92. The predicted octanol–water partition coefficient (Wildman–Crippen LogP) is 5.70. The molecule has 0 fully saturated rings. The third-order valence-corrected chi connectivity index (χ3v) is 3.61. The van der Waals surface area contributed by atoms with Gasteiger partial charge in [0.2, 0.25) is 0 Å². The van der Waals surface area contributed by atoms with Crippen LogP contribution in [0.3, 0.4) is 0 Å². The third-order valence-electron chi connectivity index (χ3n) is 3.61. The molecular formula is C19H24O2. The van der Waals surface area contributed by atoms with Crippen LogP contribution in [0.25, 0.3) is 0 Å². The molecule has 0 aliphatic carbocycles. The van der Waals surface area contributed by atoms with Crippen molar-refractivity contribution < 1.29 is 9.84 Å². The Kier molecular flexibility index (Phi) is 6.14. The monoisotopic (exact) mass is 284 g/mol. The second kappa shape index (κ2) is 8.35. The van der Waals surface area contributed by atoms with E-state index in [4.69, 9.17) is 4.74 Å². The molecule has 2 heteroatoms. The molecule has 1 N–H and O–H groups in total. The molecule has 0 amide bonds. The normalized spacial score (nSPS) is 10.5. The highest BCUT2D eigenvalue weighted by Crippen LogP contribution is 2.32. The van der Waals surface area contributed by atoms with Crippen LogP contribution >= 0.6 is 0 Å². The summed E-state index contributed by atoms with van der Waals surface area (Å²) in [5, 5.41) is 9.81. The summed E-state index contributed by atoms with van der Waals surface area (Å²) in [6.45, 7) is 2.23. The fourth-order valence-corrected chi connectivity index (χ4v) is 2.39. The zero-order valence-corrected chi connectivity index (χ0v) is 12.7. The van der Waals surface area contributed by atoms with Crippen molar-refractivity contribution in [3.63, 3.8) is 0 Å². The van der Waals surface area contributed by atoms with E-state index in [2.05, 4.69) is 13.0 Å².